The number of aliphatic carboxylic acids is 1. The molecule has 0 bridgehead atoms. The number of amides is 1. The molecule has 3 atom stereocenters. The number of carbonyl (C=O) groups is 2. The lowest BCUT2D eigenvalue weighted by atomic mass is 9.85. The number of carbonyl (C=O) groups excluding carboxylic acids is 1. The third kappa shape index (κ3) is 3.06. The summed E-state index contributed by atoms with van der Waals surface area (Å²) < 4.78 is 0. The van der Waals surface area contributed by atoms with E-state index in [9.17, 15) is 24.8 Å². The van der Waals surface area contributed by atoms with Gasteiger partial charge in [0, 0.05) is 23.7 Å². The van der Waals surface area contributed by atoms with Gasteiger partial charge in [-0.2, -0.15) is 0 Å². The number of hydrogen-bond donors (Lipinski definition) is 1. The third-order valence-corrected chi connectivity index (χ3v) is 5.65. The minimum atomic E-state index is -0.992. The van der Waals surface area contributed by atoms with Crippen LogP contribution in [0.2, 0.25) is 0 Å². The maximum absolute atomic E-state index is 13.0. The van der Waals surface area contributed by atoms with E-state index in [0.29, 0.717) is 12.1 Å². The van der Waals surface area contributed by atoms with Crippen molar-refractivity contribution in [2.45, 2.75) is 51.5 Å². The fraction of sp³-hybridized carbons (Fsp3) is 0.579. The van der Waals surface area contributed by atoms with Crippen molar-refractivity contribution in [3.63, 3.8) is 0 Å². The molecule has 1 saturated heterocycles. The Morgan fingerprint density at radius 1 is 1.27 bits per heavy atom. The second kappa shape index (κ2) is 6.37. The van der Waals surface area contributed by atoms with E-state index in [1.165, 1.54) is 11.0 Å². The lowest BCUT2D eigenvalue weighted by molar-refractivity contribution is -0.386. The van der Waals surface area contributed by atoms with Crippen LogP contribution in [0.4, 0.5) is 5.69 Å². The van der Waals surface area contributed by atoms with Gasteiger partial charge in [-0.05, 0) is 36.2 Å². The molecule has 1 aromatic carbocycles. The lowest BCUT2D eigenvalue weighted by Crippen LogP contribution is -2.43. The summed E-state index contributed by atoms with van der Waals surface area (Å²) in [7, 11) is 0. The van der Waals surface area contributed by atoms with Crippen molar-refractivity contribution < 1.29 is 19.6 Å². The Hall–Kier alpha value is -2.44. The van der Waals surface area contributed by atoms with Crippen LogP contribution in [0.25, 0.3) is 0 Å². The Kier molecular flexibility index (Phi) is 4.50. The van der Waals surface area contributed by atoms with Crippen LogP contribution in [0.5, 0.6) is 0 Å². The second-order valence-electron chi connectivity index (χ2n) is 8.33. The van der Waals surface area contributed by atoms with Crippen molar-refractivity contribution in [2.24, 2.45) is 11.8 Å². The highest BCUT2D eigenvalue weighted by atomic mass is 16.6. The number of carboxylic acid groups (broad SMARTS) is 1. The second-order valence-corrected chi connectivity index (χ2v) is 8.33. The van der Waals surface area contributed by atoms with Gasteiger partial charge >= 0.3 is 5.97 Å². The largest absolute Gasteiger partial charge is 0.480 e. The molecule has 26 heavy (non-hydrogen) atoms. The minimum Gasteiger partial charge on any atom is -0.480 e. The van der Waals surface area contributed by atoms with Crippen molar-refractivity contribution in [2.75, 3.05) is 6.54 Å². The molecule has 1 aliphatic carbocycles. The van der Waals surface area contributed by atoms with Crippen molar-refractivity contribution in [1.82, 2.24) is 4.90 Å². The van der Waals surface area contributed by atoms with Crippen molar-refractivity contribution in [3.8, 4) is 0 Å². The Balaban J connectivity index is 1.96. The van der Waals surface area contributed by atoms with Crippen molar-refractivity contribution in [1.29, 1.82) is 0 Å². The summed E-state index contributed by atoms with van der Waals surface area (Å²) in [6.07, 6.45) is 2.74. The van der Waals surface area contributed by atoms with Crippen LogP contribution in [-0.2, 0) is 10.2 Å². The number of nitro benzene ring substituents is 1. The van der Waals surface area contributed by atoms with E-state index in [1.807, 2.05) is 20.8 Å². The molecule has 1 amide bonds. The molecule has 3 rings (SSSR count). The minimum absolute atomic E-state index is 0.0136. The summed E-state index contributed by atoms with van der Waals surface area (Å²) in [6.45, 7) is 6.03. The van der Waals surface area contributed by atoms with Gasteiger partial charge in [0.15, 0.2) is 0 Å². The van der Waals surface area contributed by atoms with Crippen LogP contribution in [0, 0.1) is 22.0 Å². The van der Waals surface area contributed by atoms with Gasteiger partial charge in [-0.3, -0.25) is 14.9 Å². The average molecular weight is 360 g/mol. The molecule has 7 nitrogen and oxygen atoms in total. The van der Waals surface area contributed by atoms with Gasteiger partial charge in [0.25, 0.3) is 11.6 Å². The molecule has 1 saturated carbocycles. The SMILES string of the molecule is CC(C)(C)c1ccc(C(=O)N2CC3CCCC3C2C(=O)O)cc1[N+](=O)[O-]. The number of hydrogen-bond acceptors (Lipinski definition) is 4. The van der Waals surface area contributed by atoms with Gasteiger partial charge in [-0.25, -0.2) is 4.79 Å². The van der Waals surface area contributed by atoms with E-state index in [2.05, 4.69) is 0 Å². The monoisotopic (exact) mass is 360 g/mol. The highest BCUT2D eigenvalue weighted by molar-refractivity contribution is 5.97. The molecule has 1 aliphatic heterocycles. The number of nitro groups is 1. The Morgan fingerprint density at radius 2 is 1.96 bits per heavy atom. The highest BCUT2D eigenvalue weighted by Crippen LogP contribution is 2.43. The zero-order valence-corrected chi connectivity index (χ0v) is 15.3. The number of rotatable bonds is 3. The summed E-state index contributed by atoms with van der Waals surface area (Å²) in [5.74, 6) is -1.23. The number of fused-ring (bicyclic) bond motifs is 1. The lowest BCUT2D eigenvalue weighted by Gasteiger charge is -2.25. The van der Waals surface area contributed by atoms with E-state index in [1.54, 1.807) is 12.1 Å². The molecule has 3 unspecified atom stereocenters. The molecule has 7 heteroatoms. The summed E-state index contributed by atoms with van der Waals surface area (Å²) in [4.78, 5) is 37.1. The summed E-state index contributed by atoms with van der Waals surface area (Å²) >= 11 is 0. The average Bonchev–Trinajstić information content (AvgIpc) is 3.12. The first-order valence-corrected chi connectivity index (χ1v) is 8.94. The fourth-order valence-electron chi connectivity index (χ4n) is 4.45. The van der Waals surface area contributed by atoms with Crippen molar-refractivity contribution >= 4 is 17.6 Å². The normalized spacial score (nSPS) is 25.2. The molecule has 140 valence electrons. The summed E-state index contributed by atoms with van der Waals surface area (Å²) in [5.41, 5.74) is 0.191. The van der Waals surface area contributed by atoms with E-state index in [-0.39, 0.29) is 23.1 Å². The van der Waals surface area contributed by atoms with E-state index in [0.717, 1.165) is 19.3 Å². The Bertz CT molecular complexity index is 768. The van der Waals surface area contributed by atoms with Gasteiger partial charge in [-0.15, -0.1) is 0 Å². The molecular formula is C19H24N2O5. The van der Waals surface area contributed by atoms with Crippen LogP contribution >= 0.6 is 0 Å². The quantitative estimate of drug-likeness (QED) is 0.659. The number of nitrogens with zero attached hydrogens (tertiary/aromatic N) is 2. The number of likely N-dealkylation sites (tertiary alicyclic amines) is 1. The standard InChI is InChI=1S/C19H24N2O5/c1-19(2,3)14-8-7-11(9-15(14)21(25)26)17(22)20-10-12-5-4-6-13(12)16(20)18(23)24/h7-9,12-13,16H,4-6,10H2,1-3H3,(H,23,24). The molecule has 1 N–H and O–H groups in total. The summed E-state index contributed by atoms with van der Waals surface area (Å²) in [6, 6.07) is 3.63. The molecule has 0 spiro atoms. The third-order valence-electron chi connectivity index (χ3n) is 5.65. The first-order valence-electron chi connectivity index (χ1n) is 8.94. The van der Waals surface area contributed by atoms with Crippen molar-refractivity contribution in [3.05, 3.63) is 39.4 Å². The predicted octanol–water partition coefficient (Wildman–Crippen LogP) is 3.22. The topological polar surface area (TPSA) is 101 Å². The van der Waals surface area contributed by atoms with Crippen LogP contribution in [0.3, 0.4) is 0 Å². The molecule has 1 aromatic rings. The summed E-state index contributed by atoms with van der Waals surface area (Å²) in [5, 5.41) is 21.1. The van der Waals surface area contributed by atoms with Gasteiger partial charge in [0.2, 0.25) is 0 Å². The van der Waals surface area contributed by atoms with Gasteiger partial charge in [0.05, 0.1) is 4.92 Å². The first kappa shape index (κ1) is 18.4. The van der Waals surface area contributed by atoms with E-state index in [4.69, 9.17) is 0 Å². The fourth-order valence-corrected chi connectivity index (χ4v) is 4.45. The first-order chi connectivity index (χ1) is 12.1. The predicted molar refractivity (Wildman–Crippen MR) is 95.1 cm³/mol. The molecule has 1 heterocycles. The van der Waals surface area contributed by atoms with Gasteiger partial charge < -0.3 is 10.0 Å². The zero-order chi connectivity index (χ0) is 19.2. The van der Waals surface area contributed by atoms with Crippen LogP contribution in [-0.4, -0.2) is 39.4 Å². The van der Waals surface area contributed by atoms with Gasteiger partial charge in [0.1, 0.15) is 6.04 Å². The maximum atomic E-state index is 13.0. The van der Waals surface area contributed by atoms with Crippen LogP contribution < -0.4 is 0 Å². The Morgan fingerprint density at radius 3 is 2.54 bits per heavy atom. The molecule has 2 aliphatic rings. The smallest absolute Gasteiger partial charge is 0.326 e. The molecule has 2 fully saturated rings. The van der Waals surface area contributed by atoms with Gasteiger partial charge in [-0.1, -0.05) is 33.3 Å². The number of benzene rings is 1. The highest BCUT2D eigenvalue weighted by Gasteiger charge is 2.49. The number of carboxylic acids is 1. The van der Waals surface area contributed by atoms with E-state index >= 15 is 0 Å². The van der Waals surface area contributed by atoms with Crippen LogP contribution in [0.1, 0.15) is 56.0 Å². The van der Waals surface area contributed by atoms with Crippen LogP contribution in [0.15, 0.2) is 18.2 Å². The Labute approximate surface area is 152 Å². The zero-order valence-electron chi connectivity index (χ0n) is 15.3. The molecular weight excluding hydrogens is 336 g/mol. The molecule has 0 radical (unpaired) electrons. The maximum Gasteiger partial charge on any atom is 0.326 e. The van der Waals surface area contributed by atoms with E-state index < -0.39 is 28.3 Å². The molecule has 0 aromatic heterocycles.